The Labute approximate surface area is 154 Å². The number of carbonyl (C=O) groups is 1. The molecule has 1 aliphatic rings. The van der Waals surface area contributed by atoms with Crippen molar-refractivity contribution in [3.63, 3.8) is 0 Å². The highest BCUT2D eigenvalue weighted by atomic mass is 16.2. The lowest BCUT2D eigenvalue weighted by Crippen LogP contribution is -2.28. The fourth-order valence-electron chi connectivity index (χ4n) is 3.72. The van der Waals surface area contributed by atoms with Crippen molar-refractivity contribution < 1.29 is 4.79 Å². The second-order valence-corrected chi connectivity index (χ2v) is 7.12. The van der Waals surface area contributed by atoms with Gasteiger partial charge in [0.15, 0.2) is 5.69 Å². The molecule has 0 aromatic carbocycles. The van der Waals surface area contributed by atoms with Crippen LogP contribution in [0.25, 0.3) is 0 Å². The number of aromatic nitrogens is 5. The molecule has 8 heteroatoms. The van der Waals surface area contributed by atoms with Gasteiger partial charge >= 0.3 is 0 Å². The lowest BCUT2D eigenvalue weighted by molar-refractivity contribution is 0.0949. The molecular weight excluding hydrogens is 330 g/mol. The van der Waals surface area contributed by atoms with Crippen LogP contribution in [-0.2, 0) is 13.0 Å². The first-order chi connectivity index (χ1) is 12.5. The largest absolute Gasteiger partial charge is 0.350 e. The van der Waals surface area contributed by atoms with Crippen LogP contribution in [0.5, 0.6) is 0 Å². The summed E-state index contributed by atoms with van der Waals surface area (Å²) in [4.78, 5) is 12.3. The van der Waals surface area contributed by atoms with Gasteiger partial charge in [-0.05, 0) is 58.4 Å². The van der Waals surface area contributed by atoms with Crippen molar-refractivity contribution in [2.45, 2.75) is 71.5 Å². The number of aryl methyl sites for hydroxylation is 2. The van der Waals surface area contributed by atoms with Crippen molar-refractivity contribution in [3.8, 4) is 0 Å². The summed E-state index contributed by atoms with van der Waals surface area (Å²) in [5.74, 6) is -0.179. The summed E-state index contributed by atoms with van der Waals surface area (Å²) in [5, 5.41) is 15.6. The van der Waals surface area contributed by atoms with Crippen LogP contribution in [0.4, 0.5) is 0 Å². The molecule has 0 saturated heterocycles. The van der Waals surface area contributed by atoms with Gasteiger partial charge in [0.25, 0.3) is 5.91 Å². The topological polar surface area (TPSA) is 104 Å². The summed E-state index contributed by atoms with van der Waals surface area (Å²) in [5.41, 5.74) is 9.72. The zero-order chi connectivity index (χ0) is 18.7. The summed E-state index contributed by atoms with van der Waals surface area (Å²) in [6, 6.07) is 0.593. The molecule has 2 heterocycles. The number of nitrogens with two attached hydrogens (primary N) is 1. The molecule has 1 fully saturated rings. The van der Waals surface area contributed by atoms with Gasteiger partial charge in [0.2, 0.25) is 0 Å². The minimum atomic E-state index is -0.179. The number of hydrogen-bond donors (Lipinski definition) is 2. The highest BCUT2D eigenvalue weighted by molar-refractivity contribution is 5.91. The van der Waals surface area contributed by atoms with Crippen LogP contribution in [0.2, 0.25) is 0 Å². The Morgan fingerprint density at radius 2 is 2.04 bits per heavy atom. The smallest absolute Gasteiger partial charge is 0.273 e. The zero-order valence-electron chi connectivity index (χ0n) is 15.9. The van der Waals surface area contributed by atoms with E-state index >= 15 is 0 Å². The molecule has 2 aromatic rings. The van der Waals surface area contributed by atoms with E-state index in [1.165, 1.54) is 11.3 Å². The van der Waals surface area contributed by atoms with Crippen molar-refractivity contribution in [1.29, 1.82) is 0 Å². The SMILES string of the molecule is CCn1nc(C)c(CCNC(=O)c2cn(C3CCC(N)CC3)nn2)c1C. The Morgan fingerprint density at radius 1 is 1.31 bits per heavy atom. The monoisotopic (exact) mass is 359 g/mol. The summed E-state index contributed by atoms with van der Waals surface area (Å²) in [6.07, 6.45) is 6.49. The molecule has 1 saturated carbocycles. The number of rotatable bonds is 6. The quantitative estimate of drug-likeness (QED) is 0.814. The molecule has 3 N–H and O–H groups in total. The lowest BCUT2D eigenvalue weighted by Gasteiger charge is -2.25. The number of nitrogens with one attached hydrogen (secondary N) is 1. The van der Waals surface area contributed by atoms with Gasteiger partial charge in [0, 0.05) is 24.8 Å². The number of amides is 1. The van der Waals surface area contributed by atoms with Gasteiger partial charge in [-0.25, -0.2) is 4.68 Å². The Bertz CT molecular complexity index is 756. The molecule has 1 aliphatic carbocycles. The summed E-state index contributed by atoms with van der Waals surface area (Å²) in [7, 11) is 0. The molecule has 26 heavy (non-hydrogen) atoms. The molecule has 0 aliphatic heterocycles. The minimum absolute atomic E-state index is 0.179. The predicted octanol–water partition coefficient (Wildman–Crippen LogP) is 1.53. The van der Waals surface area contributed by atoms with Crippen LogP contribution < -0.4 is 11.1 Å². The van der Waals surface area contributed by atoms with Crippen LogP contribution >= 0.6 is 0 Å². The lowest BCUT2D eigenvalue weighted by atomic mass is 9.92. The van der Waals surface area contributed by atoms with Gasteiger partial charge in [0.05, 0.1) is 17.9 Å². The Balaban J connectivity index is 1.54. The average molecular weight is 359 g/mol. The van der Waals surface area contributed by atoms with Crippen molar-refractivity contribution in [2.75, 3.05) is 6.54 Å². The highest BCUT2D eigenvalue weighted by Crippen LogP contribution is 2.26. The molecule has 0 unspecified atom stereocenters. The average Bonchev–Trinajstić information content (AvgIpc) is 3.22. The van der Waals surface area contributed by atoms with Crippen LogP contribution in [0.15, 0.2) is 6.20 Å². The first-order valence-electron chi connectivity index (χ1n) is 9.48. The molecule has 0 atom stereocenters. The molecular formula is C18H29N7O. The van der Waals surface area contributed by atoms with Crippen molar-refractivity contribution in [1.82, 2.24) is 30.1 Å². The zero-order valence-corrected chi connectivity index (χ0v) is 15.9. The fraction of sp³-hybridized carbons (Fsp3) is 0.667. The van der Waals surface area contributed by atoms with Crippen molar-refractivity contribution in [2.24, 2.45) is 5.73 Å². The number of nitrogens with zero attached hydrogens (tertiary/aromatic N) is 5. The first kappa shape index (κ1) is 18.6. The normalized spacial score (nSPS) is 20.3. The standard InChI is InChI=1S/C18H29N7O/c1-4-24-13(3)16(12(2)22-24)9-10-20-18(26)17-11-25(23-21-17)15-7-5-14(19)6-8-15/h11,14-15H,4-10,19H2,1-3H3,(H,20,26). The molecule has 3 rings (SSSR count). The van der Waals surface area contributed by atoms with Crippen molar-refractivity contribution >= 4 is 5.91 Å². The van der Waals surface area contributed by atoms with Crippen LogP contribution in [0.3, 0.4) is 0 Å². The molecule has 142 valence electrons. The van der Waals surface area contributed by atoms with Crippen LogP contribution in [0, 0.1) is 13.8 Å². The molecule has 2 aromatic heterocycles. The van der Waals surface area contributed by atoms with Gasteiger partial charge in [-0.15, -0.1) is 5.10 Å². The Hall–Kier alpha value is -2.22. The summed E-state index contributed by atoms with van der Waals surface area (Å²) in [6.45, 7) is 7.57. The van der Waals surface area contributed by atoms with Crippen LogP contribution in [-0.4, -0.2) is 43.3 Å². The van der Waals surface area contributed by atoms with E-state index in [4.69, 9.17) is 5.73 Å². The number of carbonyl (C=O) groups excluding carboxylic acids is 1. The maximum atomic E-state index is 12.3. The van der Waals surface area contributed by atoms with E-state index in [0.717, 1.165) is 44.3 Å². The second kappa shape index (κ2) is 7.99. The van der Waals surface area contributed by atoms with Gasteiger partial charge < -0.3 is 11.1 Å². The predicted molar refractivity (Wildman–Crippen MR) is 98.9 cm³/mol. The van der Waals surface area contributed by atoms with E-state index in [9.17, 15) is 4.79 Å². The Kier molecular flexibility index (Phi) is 5.70. The highest BCUT2D eigenvalue weighted by Gasteiger charge is 2.22. The van der Waals surface area contributed by atoms with E-state index in [1.807, 2.05) is 16.3 Å². The van der Waals surface area contributed by atoms with Crippen LogP contribution in [0.1, 0.15) is 66.1 Å². The maximum absolute atomic E-state index is 12.3. The van der Waals surface area contributed by atoms with Gasteiger partial charge in [-0.1, -0.05) is 5.21 Å². The third-order valence-corrected chi connectivity index (χ3v) is 5.35. The van der Waals surface area contributed by atoms with E-state index in [-0.39, 0.29) is 5.91 Å². The van der Waals surface area contributed by atoms with E-state index in [1.54, 1.807) is 6.20 Å². The molecule has 1 amide bonds. The molecule has 8 nitrogen and oxygen atoms in total. The second-order valence-electron chi connectivity index (χ2n) is 7.12. The van der Waals surface area contributed by atoms with Gasteiger partial charge in [0.1, 0.15) is 0 Å². The molecule has 0 radical (unpaired) electrons. The van der Waals surface area contributed by atoms with E-state index < -0.39 is 0 Å². The van der Waals surface area contributed by atoms with Gasteiger partial charge in [-0.2, -0.15) is 5.10 Å². The first-order valence-corrected chi connectivity index (χ1v) is 9.48. The maximum Gasteiger partial charge on any atom is 0.273 e. The summed E-state index contributed by atoms with van der Waals surface area (Å²) >= 11 is 0. The summed E-state index contributed by atoms with van der Waals surface area (Å²) < 4.78 is 3.81. The third-order valence-electron chi connectivity index (χ3n) is 5.35. The van der Waals surface area contributed by atoms with Crippen molar-refractivity contribution in [3.05, 3.63) is 28.8 Å². The molecule has 0 bridgehead atoms. The van der Waals surface area contributed by atoms with Gasteiger partial charge in [-0.3, -0.25) is 9.48 Å². The van der Waals surface area contributed by atoms with E-state index in [0.29, 0.717) is 24.3 Å². The fourth-order valence-corrected chi connectivity index (χ4v) is 3.72. The minimum Gasteiger partial charge on any atom is -0.350 e. The van der Waals surface area contributed by atoms with E-state index in [2.05, 4.69) is 34.6 Å². The Morgan fingerprint density at radius 3 is 2.69 bits per heavy atom. The third kappa shape index (κ3) is 3.95. The molecule has 0 spiro atoms. The number of hydrogen-bond acceptors (Lipinski definition) is 5.